The van der Waals surface area contributed by atoms with Crippen LogP contribution in [0, 0.1) is 0 Å². The summed E-state index contributed by atoms with van der Waals surface area (Å²) < 4.78 is 17.3. The number of aliphatic carboxylic acids is 1. The van der Waals surface area contributed by atoms with Gasteiger partial charge in [-0.1, -0.05) is 196 Å². The molecule has 0 radical (unpaired) electrons. The van der Waals surface area contributed by atoms with Gasteiger partial charge in [-0.05, 0) is 83.5 Å². The van der Waals surface area contributed by atoms with Crippen molar-refractivity contribution in [3.63, 3.8) is 0 Å². The Morgan fingerprint density at radius 3 is 1.26 bits per heavy atom. The minimum Gasteiger partial charge on any atom is -0.544 e. The Labute approximate surface area is 406 Å². The number of carboxylic acid groups (broad SMARTS) is 1. The molecule has 0 saturated heterocycles. The lowest BCUT2D eigenvalue weighted by molar-refractivity contribution is -0.889. The van der Waals surface area contributed by atoms with Gasteiger partial charge in [-0.2, -0.15) is 0 Å². The quantitative estimate of drug-likeness (QED) is 0.0259. The van der Waals surface area contributed by atoms with E-state index in [9.17, 15) is 19.5 Å². The lowest BCUT2D eigenvalue weighted by Gasteiger charge is -2.34. The fraction of sp³-hybridized carbons (Fsp3) is 0.741. The molecule has 66 heavy (non-hydrogen) atoms. The zero-order valence-corrected chi connectivity index (χ0v) is 43.3. The van der Waals surface area contributed by atoms with Crippen molar-refractivity contribution in [2.24, 2.45) is 0 Å². The third-order valence-corrected chi connectivity index (χ3v) is 11.8. The van der Waals surface area contributed by atoms with Crippen molar-refractivity contribution < 1.29 is 38.2 Å². The maximum Gasteiger partial charge on any atom is 0.306 e. The van der Waals surface area contributed by atoms with Crippen molar-refractivity contribution >= 4 is 17.9 Å². The van der Waals surface area contributed by atoms with E-state index in [0.29, 0.717) is 12.8 Å². The summed E-state index contributed by atoms with van der Waals surface area (Å²) in [5.41, 5.74) is 0. The largest absolute Gasteiger partial charge is 0.544 e. The van der Waals surface area contributed by atoms with Gasteiger partial charge < -0.3 is 28.6 Å². The second-order valence-electron chi connectivity index (χ2n) is 19.1. The van der Waals surface area contributed by atoms with E-state index in [0.717, 1.165) is 83.5 Å². The molecule has 0 bridgehead atoms. The van der Waals surface area contributed by atoms with Crippen LogP contribution in [0.5, 0.6) is 0 Å². The van der Waals surface area contributed by atoms with Gasteiger partial charge in [0.05, 0.1) is 40.3 Å². The Hall–Kier alpha value is -3.23. The monoisotopic (exact) mass is 924 g/mol. The summed E-state index contributed by atoms with van der Waals surface area (Å²) in [6.07, 6.45) is 62.2. The number of esters is 2. The first-order valence-electron chi connectivity index (χ1n) is 27.0. The fourth-order valence-corrected chi connectivity index (χ4v) is 7.68. The first kappa shape index (κ1) is 62.8. The summed E-state index contributed by atoms with van der Waals surface area (Å²) >= 11 is 0. The van der Waals surface area contributed by atoms with E-state index in [2.05, 4.69) is 86.8 Å². The first-order chi connectivity index (χ1) is 32.1. The van der Waals surface area contributed by atoms with Crippen LogP contribution in [0.2, 0.25) is 0 Å². The Morgan fingerprint density at radius 2 is 0.848 bits per heavy atom. The van der Waals surface area contributed by atoms with Crippen LogP contribution in [-0.4, -0.2) is 75.5 Å². The predicted molar refractivity (Wildman–Crippen MR) is 277 cm³/mol. The molecule has 0 aromatic carbocycles. The highest BCUT2D eigenvalue weighted by Crippen LogP contribution is 2.15. The van der Waals surface area contributed by atoms with Gasteiger partial charge in [0.15, 0.2) is 6.10 Å². The van der Waals surface area contributed by atoms with Gasteiger partial charge in [0.2, 0.25) is 0 Å². The molecule has 0 N–H and O–H groups in total. The number of likely N-dealkylation sites (N-methyl/N-ethyl adjacent to an activating group) is 1. The molecule has 0 aliphatic rings. The summed E-state index contributed by atoms with van der Waals surface area (Å²) in [6.45, 7) is 4.54. The lowest BCUT2D eigenvalue weighted by atomic mass is 10.0. The molecule has 0 amide bonds. The highest BCUT2D eigenvalue weighted by molar-refractivity contribution is 5.70. The highest BCUT2D eigenvalue weighted by Gasteiger charge is 2.25. The van der Waals surface area contributed by atoms with Crippen molar-refractivity contribution in [3.05, 3.63) is 72.9 Å². The van der Waals surface area contributed by atoms with E-state index in [-0.39, 0.29) is 42.7 Å². The first-order valence-corrected chi connectivity index (χ1v) is 27.0. The number of hydrogen-bond donors (Lipinski definition) is 0. The van der Waals surface area contributed by atoms with Crippen LogP contribution in [0.3, 0.4) is 0 Å². The predicted octanol–water partition coefficient (Wildman–Crippen LogP) is 14.5. The fourth-order valence-electron chi connectivity index (χ4n) is 7.68. The molecule has 0 saturated carbocycles. The van der Waals surface area contributed by atoms with Crippen molar-refractivity contribution in [1.29, 1.82) is 0 Å². The Bertz CT molecular complexity index is 1310. The van der Waals surface area contributed by atoms with Crippen molar-refractivity contribution in [3.8, 4) is 0 Å². The van der Waals surface area contributed by atoms with E-state index in [4.69, 9.17) is 14.2 Å². The van der Waals surface area contributed by atoms with Crippen molar-refractivity contribution in [2.75, 3.05) is 41.0 Å². The van der Waals surface area contributed by atoms with Crippen molar-refractivity contribution in [1.82, 2.24) is 0 Å². The topological polar surface area (TPSA) is 102 Å². The molecule has 380 valence electrons. The molecule has 0 fully saturated rings. The number of carbonyl (C=O) groups excluding carboxylic acids is 3. The molecule has 0 heterocycles. The number of carboxylic acids is 1. The Kier molecular flexibility index (Phi) is 45.9. The highest BCUT2D eigenvalue weighted by atomic mass is 16.6. The molecule has 8 heteroatoms. The van der Waals surface area contributed by atoms with Gasteiger partial charge in [0, 0.05) is 19.3 Å². The number of carbonyl (C=O) groups is 3. The van der Waals surface area contributed by atoms with Crippen LogP contribution < -0.4 is 5.11 Å². The van der Waals surface area contributed by atoms with Crippen LogP contribution in [-0.2, 0) is 28.6 Å². The number of unbranched alkanes of at least 4 members (excludes halogenated alkanes) is 22. The molecule has 0 rings (SSSR count). The number of quaternary nitrogens is 1. The van der Waals surface area contributed by atoms with Crippen molar-refractivity contribution in [2.45, 2.75) is 238 Å². The molecule has 2 atom stereocenters. The molecular formula is C58H101NO7. The van der Waals surface area contributed by atoms with Gasteiger partial charge in [-0.15, -0.1) is 0 Å². The van der Waals surface area contributed by atoms with E-state index in [1.807, 2.05) is 0 Å². The summed E-state index contributed by atoms with van der Waals surface area (Å²) in [4.78, 5) is 37.1. The Balaban J connectivity index is 4.23. The standard InChI is InChI=1S/C58H101NO7/c1-6-8-10-12-14-16-18-20-22-24-26-27-28-29-31-32-34-36-38-40-42-44-46-48-56(60)65-53-54(52-64-51-50-55(58(62)63)59(3,4)5)66-57(61)49-47-45-43-41-39-37-35-33-30-25-23-21-19-17-15-13-11-9-7-2/h9,11,15,17-18,20-21,23-24,26,30,33,54-55H,6-8,10,12-14,16,19,22,25,27-29,31-32,34-53H2,1-5H3/b11-9-,17-15-,20-18-,23-21-,26-24-,33-30-. The summed E-state index contributed by atoms with van der Waals surface area (Å²) in [7, 11) is 5.41. The van der Waals surface area contributed by atoms with Gasteiger partial charge in [-0.25, -0.2) is 0 Å². The molecule has 0 aliphatic heterocycles. The minimum absolute atomic E-state index is 0.0317. The molecule has 0 aromatic heterocycles. The van der Waals surface area contributed by atoms with E-state index in [1.54, 1.807) is 21.1 Å². The van der Waals surface area contributed by atoms with Gasteiger partial charge in [0.1, 0.15) is 12.6 Å². The zero-order valence-electron chi connectivity index (χ0n) is 43.3. The third kappa shape index (κ3) is 45.9. The molecule has 8 nitrogen and oxygen atoms in total. The smallest absolute Gasteiger partial charge is 0.306 e. The maximum absolute atomic E-state index is 12.8. The molecule has 0 aliphatic carbocycles. The molecular weight excluding hydrogens is 823 g/mol. The normalized spacial score (nSPS) is 13.4. The van der Waals surface area contributed by atoms with Crippen LogP contribution >= 0.6 is 0 Å². The number of allylic oxidation sites excluding steroid dienone is 12. The SMILES string of the molecule is CC/C=C\C/C=C\C/C=C\C/C=C\CCCCCCCCC(=O)OC(COCCC(C(=O)[O-])[N+](C)(C)C)COC(=O)CCCCCCCCCCCCC/C=C\C/C=C\CCCCCCC. The summed E-state index contributed by atoms with van der Waals surface area (Å²) in [5.74, 6) is -1.75. The Morgan fingerprint density at radius 1 is 0.470 bits per heavy atom. The van der Waals surface area contributed by atoms with E-state index >= 15 is 0 Å². The van der Waals surface area contributed by atoms with Gasteiger partial charge in [-0.3, -0.25) is 9.59 Å². The van der Waals surface area contributed by atoms with E-state index < -0.39 is 18.1 Å². The molecule has 0 spiro atoms. The van der Waals surface area contributed by atoms with Crippen LogP contribution in [0.4, 0.5) is 0 Å². The number of nitrogens with zero attached hydrogens (tertiary/aromatic N) is 1. The summed E-state index contributed by atoms with van der Waals surface area (Å²) in [5, 5.41) is 11.7. The lowest BCUT2D eigenvalue weighted by Crippen LogP contribution is -2.55. The second kappa shape index (κ2) is 48.2. The average Bonchev–Trinajstić information content (AvgIpc) is 3.28. The van der Waals surface area contributed by atoms with Gasteiger partial charge >= 0.3 is 11.9 Å². The van der Waals surface area contributed by atoms with Crippen LogP contribution in [0.25, 0.3) is 0 Å². The molecule has 2 unspecified atom stereocenters. The second-order valence-corrected chi connectivity index (χ2v) is 19.1. The maximum atomic E-state index is 12.8. The molecule has 0 aromatic rings. The zero-order chi connectivity index (χ0) is 48.4. The van der Waals surface area contributed by atoms with E-state index in [1.165, 1.54) is 109 Å². The van der Waals surface area contributed by atoms with Crippen LogP contribution in [0.15, 0.2) is 72.9 Å². The number of hydrogen-bond acceptors (Lipinski definition) is 7. The summed E-state index contributed by atoms with van der Waals surface area (Å²) in [6, 6.07) is -0.733. The number of rotatable bonds is 48. The average molecular weight is 924 g/mol. The van der Waals surface area contributed by atoms with Crippen LogP contribution in [0.1, 0.15) is 226 Å². The number of ether oxygens (including phenoxy) is 3. The third-order valence-electron chi connectivity index (χ3n) is 11.8. The van der Waals surface area contributed by atoms with Gasteiger partial charge in [0.25, 0.3) is 0 Å². The minimum atomic E-state index is -1.13.